The highest BCUT2D eigenvalue weighted by atomic mass is 32.1. The van der Waals surface area contributed by atoms with Crippen LogP contribution < -0.4 is 0 Å². The molecule has 0 amide bonds. The number of ketones is 2. The van der Waals surface area contributed by atoms with Crippen molar-refractivity contribution in [2.45, 2.75) is 323 Å². The van der Waals surface area contributed by atoms with E-state index < -0.39 is 10.8 Å². The Labute approximate surface area is 873 Å². The van der Waals surface area contributed by atoms with Gasteiger partial charge < -0.3 is 0 Å². The molecule has 4 aliphatic rings. The van der Waals surface area contributed by atoms with Crippen molar-refractivity contribution in [2.24, 2.45) is 0 Å². The fourth-order valence-electron chi connectivity index (χ4n) is 23.9. The lowest BCUT2D eigenvalue weighted by Gasteiger charge is -2.36. The Bertz CT molecular complexity index is 6710. The molecule has 0 spiro atoms. The normalized spacial score (nSPS) is 14.8. The molecule has 144 heavy (non-hydrogen) atoms. The number of hydrogen-bond acceptors (Lipinski definition) is 8. The number of benzene rings is 10. The van der Waals surface area contributed by atoms with Gasteiger partial charge in [-0.25, -0.2) is 20.2 Å². The summed E-state index contributed by atoms with van der Waals surface area (Å²) in [7, 11) is 0. The van der Waals surface area contributed by atoms with Gasteiger partial charge >= 0.3 is 0 Å². The monoisotopic (exact) mass is 1960 g/mol. The predicted molar refractivity (Wildman–Crippen MR) is 614 cm³/mol. The van der Waals surface area contributed by atoms with Gasteiger partial charge in [0, 0.05) is 73.8 Å². The summed E-state index contributed by atoms with van der Waals surface area (Å²) in [5.41, 5.74) is 29.0. The molecule has 0 fully saturated rings. The third-order valence-corrected chi connectivity index (χ3v) is 36.0. The van der Waals surface area contributed by atoms with E-state index in [4.69, 9.17) is 13.1 Å². The number of nitriles is 2. The summed E-state index contributed by atoms with van der Waals surface area (Å²) in [5, 5.41) is 25.3. The molecule has 10 heteroatoms. The average molecular weight is 1970 g/mol. The number of hydrogen-bond donors (Lipinski definition) is 0. The number of thiophene rings is 4. The third-order valence-electron chi connectivity index (χ3n) is 31.2. The van der Waals surface area contributed by atoms with Gasteiger partial charge in [0.25, 0.3) is 11.4 Å². The van der Waals surface area contributed by atoms with Crippen LogP contribution in [0, 0.1) is 35.8 Å². The number of carbonyl (C=O) groups is 2. The van der Waals surface area contributed by atoms with Crippen molar-refractivity contribution < 1.29 is 9.59 Å². The van der Waals surface area contributed by atoms with Gasteiger partial charge in [-0.1, -0.05) is 355 Å². The standard InChI is InChI=1S/C134H140N4O2S4/c1-11-19-27-35-47-89-67-90(48-36-28-20-12-2)72-103(71-89)133(104-73-91(49-37-29-21-13-3)68-92(74-104)50-38-30-22-14-4)117-83-101(121-65-61-107(141-121)85-115-123(119(87-135)137-9)111-79-97-55-43-45-57-99(97)81-113(111)127(115)139)59-63-109(117)129-125(133)131-132(143-129)126-130(144-131)110-64-60-102(122-66-62-108(142-122)86-116-124(120(88-136)138-10)112-80-98-56-44-46-58-100(98)82-114(112)128(116)140)84-118(110)134(126,105-75-93(51-39-31-23-15-5)69-94(76-105)52-40-32-24-16-6)106-77-95(53-41-33-25-17-7)70-96(78-106)54-42-34-26-18-8/h43-46,55-86H,11-42,47-54H2,1-8H3/b115-85-,116-86-,123-119+,124-120?. The van der Waals surface area contributed by atoms with E-state index in [2.05, 4.69) is 233 Å². The zero-order chi connectivity index (χ0) is 99.8. The van der Waals surface area contributed by atoms with Crippen LogP contribution in [0.5, 0.6) is 0 Å². The van der Waals surface area contributed by atoms with Crippen LogP contribution in [0.25, 0.3) is 106 Å². The van der Waals surface area contributed by atoms with Crippen LogP contribution >= 0.6 is 45.3 Å². The topological polar surface area (TPSA) is 90.4 Å². The molecule has 0 saturated carbocycles. The maximum Gasteiger partial charge on any atom is 0.270 e. The minimum absolute atomic E-state index is 0.0844. The summed E-state index contributed by atoms with van der Waals surface area (Å²) in [6, 6.07) is 84.5. The van der Waals surface area contributed by atoms with Gasteiger partial charge in [0.2, 0.25) is 0 Å². The number of fused-ring (bicyclic) bond motifs is 13. The lowest BCUT2D eigenvalue weighted by Crippen LogP contribution is -2.30. The molecule has 10 aromatic carbocycles. The molecule has 14 aromatic rings. The molecule has 732 valence electrons. The fraction of sp³-hybridized carbons (Fsp3) is 0.373. The molecule has 0 aliphatic heterocycles. The maximum atomic E-state index is 15.2. The summed E-state index contributed by atoms with van der Waals surface area (Å²) in [4.78, 5) is 44.6. The molecule has 0 N–H and O–H groups in total. The highest BCUT2D eigenvalue weighted by Crippen LogP contribution is 2.70. The number of rotatable bonds is 48. The lowest BCUT2D eigenvalue weighted by molar-refractivity contribution is 0.103. The first-order chi connectivity index (χ1) is 70.7. The minimum atomic E-state index is -0.855. The predicted octanol–water partition coefficient (Wildman–Crippen LogP) is 39.3. The second kappa shape index (κ2) is 47.5. The number of unbranched alkanes of at least 4 members (excludes halogenated alkanes) is 24. The van der Waals surface area contributed by atoms with Crippen LogP contribution in [0.15, 0.2) is 229 Å². The van der Waals surface area contributed by atoms with Gasteiger partial charge in [0.1, 0.15) is 0 Å². The van der Waals surface area contributed by atoms with Gasteiger partial charge in [-0.3, -0.25) is 9.59 Å². The average Bonchev–Trinajstić information content (AvgIpc) is 1.48. The number of carbonyl (C=O) groups excluding carboxylic acids is 2. The van der Waals surface area contributed by atoms with Crippen LogP contribution in [0.2, 0.25) is 0 Å². The SMILES string of the molecule is [C-]#[N+]C(C#N)=C1/C(=C/c2ccc(-c3ccc4c(c3)C(c3cc(CCCCCC)cc(CCCCCC)c3)(c3cc(CCCCCC)cc(CCCCCC)c3)c3c-4sc4c5c(sc34)-c3ccc(-c4ccc(/C=C6\C(=O)c7cc8ccccc8cc7\C6=C(\C#N)[N+]#[C-])s4)cc3C5(c3cc(CCCCCC)cc(CCCCCC)c3)c3cc(CCCCCC)cc(CCCCCC)c3)s2)C(=O)c2cc3ccccc3cc21. The van der Waals surface area contributed by atoms with E-state index in [1.54, 1.807) is 22.7 Å². The first-order valence-electron chi connectivity index (χ1n) is 55.0. The van der Waals surface area contributed by atoms with Crippen molar-refractivity contribution in [1.82, 2.24) is 0 Å². The van der Waals surface area contributed by atoms with Crippen molar-refractivity contribution >= 4 is 111 Å². The first kappa shape index (κ1) is 102. The molecular weight excluding hydrogens is 1830 g/mol. The van der Waals surface area contributed by atoms with Gasteiger partial charge in [-0.15, -0.1) is 45.3 Å². The zero-order valence-electron chi connectivity index (χ0n) is 86.3. The smallest absolute Gasteiger partial charge is 0.270 e. The Hall–Kier alpha value is -12.0. The van der Waals surface area contributed by atoms with Gasteiger partial charge in [0.15, 0.2) is 11.6 Å². The van der Waals surface area contributed by atoms with Crippen LogP contribution in [0.4, 0.5) is 0 Å². The van der Waals surface area contributed by atoms with E-state index in [0.717, 1.165) is 155 Å². The summed E-state index contributed by atoms with van der Waals surface area (Å²) in [5.74, 6) is -0.350. The van der Waals surface area contributed by atoms with Gasteiger partial charge in [-0.05, 0) is 308 Å². The Balaban J connectivity index is 0.944. The maximum absolute atomic E-state index is 15.2. The summed E-state index contributed by atoms with van der Waals surface area (Å²) < 4.78 is 2.75. The minimum Gasteiger partial charge on any atom is -0.289 e. The number of allylic oxidation sites excluding steroid dienone is 6. The van der Waals surface area contributed by atoms with E-state index in [1.165, 1.54) is 273 Å². The van der Waals surface area contributed by atoms with Crippen molar-refractivity contribution in [3.8, 4) is 53.9 Å². The van der Waals surface area contributed by atoms with Crippen LogP contribution in [0.1, 0.15) is 391 Å². The largest absolute Gasteiger partial charge is 0.289 e. The van der Waals surface area contributed by atoms with Crippen molar-refractivity contribution in [3.63, 3.8) is 0 Å². The summed E-state index contributed by atoms with van der Waals surface area (Å²) in [6.45, 7) is 35.5. The van der Waals surface area contributed by atoms with Gasteiger partial charge in [-0.2, -0.15) is 0 Å². The molecule has 0 radical (unpaired) electrons. The van der Waals surface area contributed by atoms with Crippen molar-refractivity contribution in [1.29, 1.82) is 10.5 Å². The molecule has 6 nitrogen and oxygen atoms in total. The first-order valence-corrected chi connectivity index (χ1v) is 58.2. The van der Waals surface area contributed by atoms with Crippen LogP contribution in [-0.2, 0) is 62.2 Å². The number of Topliss-reactive ketones (excluding diaryl/α,β-unsaturated/α-hetero) is 2. The molecule has 0 saturated heterocycles. The van der Waals surface area contributed by atoms with Gasteiger partial charge in [0.05, 0.1) is 45.5 Å². The van der Waals surface area contributed by atoms with Crippen LogP contribution in [0.3, 0.4) is 0 Å². The third kappa shape index (κ3) is 20.9. The number of nitrogens with zero attached hydrogens (tertiary/aromatic N) is 4. The molecule has 18 rings (SSSR count). The lowest BCUT2D eigenvalue weighted by atomic mass is 9.65. The molecule has 0 atom stereocenters. The molecular formula is C134H140N4O2S4. The second-order valence-electron chi connectivity index (χ2n) is 41.5. The Morgan fingerprint density at radius 1 is 0.299 bits per heavy atom. The molecule has 4 heterocycles. The zero-order valence-corrected chi connectivity index (χ0v) is 89.6. The van der Waals surface area contributed by atoms with E-state index in [9.17, 15) is 10.5 Å². The quantitative estimate of drug-likeness (QED) is 0.0164. The second-order valence-corrected chi connectivity index (χ2v) is 45.8. The van der Waals surface area contributed by atoms with Crippen molar-refractivity contribution in [3.05, 3.63) is 373 Å². The fourth-order valence-corrected chi connectivity index (χ4v) is 29.0. The number of aryl methyl sites for hydroxylation is 8. The van der Waals surface area contributed by atoms with E-state index >= 15 is 9.59 Å². The van der Waals surface area contributed by atoms with E-state index in [0.29, 0.717) is 44.5 Å². The van der Waals surface area contributed by atoms with E-state index in [1.807, 2.05) is 84.9 Å². The Morgan fingerprint density at radius 3 is 0.812 bits per heavy atom. The van der Waals surface area contributed by atoms with Crippen molar-refractivity contribution in [2.75, 3.05) is 0 Å². The molecule has 4 aliphatic carbocycles. The summed E-state index contributed by atoms with van der Waals surface area (Å²) in [6.07, 6.45) is 49.3. The molecule has 0 unspecified atom stereocenters. The molecule has 4 aromatic heterocycles. The highest BCUT2D eigenvalue weighted by Gasteiger charge is 2.55. The van der Waals surface area contributed by atoms with E-state index in [-0.39, 0.29) is 23.0 Å². The molecule has 0 bridgehead atoms. The highest BCUT2D eigenvalue weighted by molar-refractivity contribution is 7.32. The van der Waals surface area contributed by atoms with Crippen LogP contribution in [-0.4, -0.2) is 11.6 Å². The Morgan fingerprint density at radius 2 is 0.562 bits per heavy atom. The Kier molecular flexibility index (Phi) is 33.7. The summed E-state index contributed by atoms with van der Waals surface area (Å²) >= 11 is 7.51.